The van der Waals surface area contributed by atoms with Crippen molar-refractivity contribution >= 4 is 12.0 Å². The van der Waals surface area contributed by atoms with Crippen LogP contribution in [0.5, 0.6) is 0 Å². The number of hydrogen-bond acceptors (Lipinski definition) is 4. The Balaban J connectivity index is 2.44. The molecule has 0 bridgehead atoms. The highest BCUT2D eigenvalue weighted by Gasteiger charge is 2.45. The van der Waals surface area contributed by atoms with Gasteiger partial charge in [-0.05, 0) is 27.7 Å². The standard InChI is InChI=1S/C9H16N2O4/c1-5-6(7(12)11(5)14)10-8(13)15-9(2,3)4/h5-6,14H,1-4H3,(H,10,13)/t5-,6+/m0/s1. The molecule has 0 aromatic carbocycles. The molecule has 0 aromatic heterocycles. The van der Waals surface area contributed by atoms with Gasteiger partial charge in [0.05, 0.1) is 6.04 Å². The predicted octanol–water partition coefficient (Wildman–Crippen LogP) is 0.500. The second kappa shape index (κ2) is 3.69. The molecule has 0 spiro atoms. The number of carbonyl (C=O) groups is 2. The molecule has 2 N–H and O–H groups in total. The van der Waals surface area contributed by atoms with Gasteiger partial charge in [0.1, 0.15) is 11.6 Å². The van der Waals surface area contributed by atoms with E-state index in [2.05, 4.69) is 5.32 Å². The molecule has 0 aliphatic carbocycles. The zero-order chi connectivity index (χ0) is 11.8. The number of hydroxylamine groups is 2. The molecule has 86 valence electrons. The second-order valence-electron chi connectivity index (χ2n) is 4.55. The van der Waals surface area contributed by atoms with E-state index in [4.69, 9.17) is 9.94 Å². The number of alkyl carbamates (subject to hydrolysis) is 1. The fourth-order valence-corrected chi connectivity index (χ4v) is 1.23. The van der Waals surface area contributed by atoms with E-state index in [-0.39, 0.29) is 0 Å². The summed E-state index contributed by atoms with van der Waals surface area (Å²) in [6.45, 7) is 6.83. The average molecular weight is 216 g/mol. The van der Waals surface area contributed by atoms with E-state index in [1.807, 2.05) is 0 Å². The van der Waals surface area contributed by atoms with Crippen LogP contribution in [0, 0.1) is 0 Å². The van der Waals surface area contributed by atoms with Gasteiger partial charge in [-0.3, -0.25) is 10.0 Å². The Morgan fingerprint density at radius 2 is 2.07 bits per heavy atom. The van der Waals surface area contributed by atoms with E-state index in [0.29, 0.717) is 5.06 Å². The second-order valence-corrected chi connectivity index (χ2v) is 4.55. The van der Waals surface area contributed by atoms with E-state index in [1.54, 1.807) is 27.7 Å². The summed E-state index contributed by atoms with van der Waals surface area (Å²) in [6, 6.07) is -1.10. The number of carbonyl (C=O) groups excluding carboxylic acids is 2. The highest BCUT2D eigenvalue weighted by atomic mass is 16.6. The molecule has 15 heavy (non-hydrogen) atoms. The number of β-lactam (4-membered cyclic amide) rings is 1. The highest BCUT2D eigenvalue weighted by Crippen LogP contribution is 2.17. The van der Waals surface area contributed by atoms with Gasteiger partial charge < -0.3 is 10.1 Å². The maximum Gasteiger partial charge on any atom is 0.408 e. The SMILES string of the molecule is C[C@H]1[C@@H](NC(=O)OC(C)(C)C)C(=O)N1O. The number of hydrogen-bond donors (Lipinski definition) is 2. The van der Waals surface area contributed by atoms with Crippen LogP contribution in [0.2, 0.25) is 0 Å². The fourth-order valence-electron chi connectivity index (χ4n) is 1.23. The molecule has 0 aromatic rings. The van der Waals surface area contributed by atoms with Crippen LogP contribution in [0.25, 0.3) is 0 Å². The Hall–Kier alpha value is -1.30. The molecule has 1 heterocycles. The van der Waals surface area contributed by atoms with Crippen LogP contribution in [-0.2, 0) is 9.53 Å². The molecule has 0 unspecified atom stereocenters. The molecule has 2 atom stereocenters. The van der Waals surface area contributed by atoms with Crippen LogP contribution >= 0.6 is 0 Å². The molecule has 6 nitrogen and oxygen atoms in total. The van der Waals surface area contributed by atoms with Crippen molar-refractivity contribution < 1.29 is 19.5 Å². The van der Waals surface area contributed by atoms with E-state index >= 15 is 0 Å². The molecule has 1 fully saturated rings. The summed E-state index contributed by atoms with van der Waals surface area (Å²) >= 11 is 0. The maximum absolute atomic E-state index is 11.3. The summed E-state index contributed by atoms with van der Waals surface area (Å²) in [6.07, 6.45) is -0.652. The van der Waals surface area contributed by atoms with Gasteiger partial charge in [-0.1, -0.05) is 0 Å². The van der Waals surface area contributed by atoms with Crippen molar-refractivity contribution in [1.82, 2.24) is 10.4 Å². The number of ether oxygens (including phenoxy) is 1. The Morgan fingerprint density at radius 1 is 1.53 bits per heavy atom. The van der Waals surface area contributed by atoms with Crippen molar-refractivity contribution in [1.29, 1.82) is 0 Å². The van der Waals surface area contributed by atoms with Gasteiger partial charge in [-0.15, -0.1) is 0 Å². The van der Waals surface area contributed by atoms with Gasteiger partial charge in [0.15, 0.2) is 0 Å². The topological polar surface area (TPSA) is 78.9 Å². The van der Waals surface area contributed by atoms with Gasteiger partial charge in [0.2, 0.25) is 0 Å². The maximum atomic E-state index is 11.3. The number of amides is 2. The lowest BCUT2D eigenvalue weighted by Gasteiger charge is -2.40. The Kier molecular flexibility index (Phi) is 2.90. The summed E-state index contributed by atoms with van der Waals surface area (Å²) in [5.41, 5.74) is -0.598. The van der Waals surface area contributed by atoms with E-state index in [9.17, 15) is 9.59 Å². The molecule has 1 rings (SSSR count). The molecular weight excluding hydrogens is 200 g/mol. The van der Waals surface area contributed by atoms with Gasteiger partial charge >= 0.3 is 6.09 Å². The van der Waals surface area contributed by atoms with E-state index < -0.39 is 29.7 Å². The van der Waals surface area contributed by atoms with Crippen molar-refractivity contribution in [2.75, 3.05) is 0 Å². The highest BCUT2D eigenvalue weighted by molar-refractivity contribution is 5.91. The van der Waals surface area contributed by atoms with Crippen molar-refractivity contribution in [3.05, 3.63) is 0 Å². The fraction of sp³-hybridized carbons (Fsp3) is 0.778. The monoisotopic (exact) mass is 216 g/mol. The third-order valence-electron chi connectivity index (χ3n) is 2.03. The molecule has 1 aliphatic heterocycles. The summed E-state index contributed by atoms with van der Waals surface area (Å²) < 4.78 is 4.97. The van der Waals surface area contributed by atoms with Crippen LogP contribution < -0.4 is 5.32 Å². The number of rotatable bonds is 1. The molecule has 2 amide bonds. The quantitative estimate of drug-likeness (QED) is 0.494. The first kappa shape index (κ1) is 11.8. The van der Waals surface area contributed by atoms with Crippen LogP contribution in [0.15, 0.2) is 0 Å². The van der Waals surface area contributed by atoms with E-state index in [1.165, 1.54) is 0 Å². The number of nitrogens with zero attached hydrogens (tertiary/aromatic N) is 1. The van der Waals surface area contributed by atoms with Gasteiger partial charge in [0, 0.05) is 0 Å². The molecule has 0 saturated carbocycles. The van der Waals surface area contributed by atoms with Crippen LogP contribution in [-0.4, -0.2) is 40.0 Å². The minimum absolute atomic E-state index is 0.412. The first-order valence-corrected chi connectivity index (χ1v) is 4.74. The van der Waals surface area contributed by atoms with Crippen molar-refractivity contribution in [3.63, 3.8) is 0 Å². The Labute approximate surface area is 88.1 Å². The van der Waals surface area contributed by atoms with Crippen LogP contribution in [0.3, 0.4) is 0 Å². The van der Waals surface area contributed by atoms with Gasteiger partial charge in [-0.2, -0.15) is 0 Å². The summed E-state index contributed by atoms with van der Waals surface area (Å²) in [5.74, 6) is -0.520. The van der Waals surface area contributed by atoms with Crippen LogP contribution in [0.4, 0.5) is 4.79 Å². The average Bonchev–Trinajstić information content (AvgIpc) is 2.09. The minimum Gasteiger partial charge on any atom is -0.444 e. The smallest absolute Gasteiger partial charge is 0.408 e. The zero-order valence-corrected chi connectivity index (χ0v) is 9.27. The first-order chi connectivity index (χ1) is 6.72. The Morgan fingerprint density at radius 3 is 2.47 bits per heavy atom. The summed E-state index contributed by atoms with van der Waals surface area (Å²) in [5, 5.41) is 12.0. The van der Waals surface area contributed by atoms with Crippen molar-refractivity contribution in [3.8, 4) is 0 Å². The zero-order valence-electron chi connectivity index (χ0n) is 9.27. The third-order valence-corrected chi connectivity index (χ3v) is 2.03. The van der Waals surface area contributed by atoms with Gasteiger partial charge in [0.25, 0.3) is 5.91 Å². The largest absolute Gasteiger partial charge is 0.444 e. The molecule has 1 saturated heterocycles. The molecule has 1 aliphatic rings. The normalized spacial score (nSPS) is 25.9. The number of nitrogens with one attached hydrogen (secondary N) is 1. The van der Waals surface area contributed by atoms with Gasteiger partial charge in [-0.25, -0.2) is 9.86 Å². The lowest BCUT2D eigenvalue weighted by atomic mass is 10.0. The van der Waals surface area contributed by atoms with Crippen molar-refractivity contribution in [2.24, 2.45) is 0 Å². The molecule has 0 radical (unpaired) electrons. The van der Waals surface area contributed by atoms with E-state index in [0.717, 1.165) is 0 Å². The van der Waals surface area contributed by atoms with Crippen molar-refractivity contribution in [2.45, 2.75) is 45.4 Å². The first-order valence-electron chi connectivity index (χ1n) is 4.74. The van der Waals surface area contributed by atoms with Crippen LogP contribution in [0.1, 0.15) is 27.7 Å². The third kappa shape index (κ3) is 2.59. The minimum atomic E-state index is -0.690. The summed E-state index contributed by atoms with van der Waals surface area (Å²) in [7, 11) is 0. The summed E-state index contributed by atoms with van der Waals surface area (Å²) in [4.78, 5) is 22.4. The predicted molar refractivity (Wildman–Crippen MR) is 51.3 cm³/mol. The molecule has 6 heteroatoms. The Bertz CT molecular complexity index is 284. The molecular formula is C9H16N2O4. The lowest BCUT2D eigenvalue weighted by molar-refractivity contribution is -0.206. The lowest BCUT2D eigenvalue weighted by Crippen LogP contribution is -2.68.